The van der Waals surface area contributed by atoms with Crippen LogP contribution in [0.2, 0.25) is 0 Å². The number of ether oxygens (including phenoxy) is 1. The number of aliphatic hydroxyl groups is 1. The molecule has 0 fully saturated rings. The lowest BCUT2D eigenvalue weighted by Gasteiger charge is -2.21. The van der Waals surface area contributed by atoms with Crippen LogP contribution in [0.5, 0.6) is 0 Å². The maximum absolute atomic E-state index is 12.5. The van der Waals surface area contributed by atoms with E-state index in [1.807, 2.05) is 6.07 Å². The molecule has 6 nitrogen and oxygen atoms in total. The number of benzene rings is 1. The molecule has 1 N–H and O–H groups in total. The van der Waals surface area contributed by atoms with E-state index in [1.54, 1.807) is 6.92 Å². The van der Waals surface area contributed by atoms with Crippen molar-refractivity contribution in [3.63, 3.8) is 0 Å². The molecule has 0 saturated carbocycles. The molecule has 0 heterocycles. The van der Waals surface area contributed by atoms with Crippen molar-refractivity contribution in [1.82, 2.24) is 4.31 Å². The van der Waals surface area contributed by atoms with E-state index in [4.69, 9.17) is 15.1 Å². The Kier molecular flexibility index (Phi) is 6.10. The predicted molar refractivity (Wildman–Crippen MR) is 73.6 cm³/mol. The molecule has 1 aromatic carbocycles. The zero-order valence-electron chi connectivity index (χ0n) is 11.5. The average molecular weight is 298 g/mol. The lowest BCUT2D eigenvalue weighted by molar-refractivity contribution is 0.168. The minimum absolute atomic E-state index is 0.00470. The van der Waals surface area contributed by atoms with Gasteiger partial charge in [-0.05, 0) is 30.7 Å². The van der Waals surface area contributed by atoms with Crippen molar-refractivity contribution in [2.75, 3.05) is 33.4 Å². The largest absolute Gasteiger partial charge is 0.395 e. The van der Waals surface area contributed by atoms with Crippen LogP contribution in [-0.4, -0.2) is 51.2 Å². The molecule has 0 aliphatic carbocycles. The topological polar surface area (TPSA) is 90.6 Å². The highest BCUT2D eigenvalue weighted by molar-refractivity contribution is 7.89. The summed E-state index contributed by atoms with van der Waals surface area (Å²) in [6.45, 7) is 1.83. The molecule has 0 atom stereocenters. The molecule has 0 aliphatic rings. The Balaban J connectivity index is 3.12. The summed E-state index contributed by atoms with van der Waals surface area (Å²) < 4.78 is 31.0. The number of sulfonamides is 1. The summed E-state index contributed by atoms with van der Waals surface area (Å²) in [4.78, 5) is 0.110. The van der Waals surface area contributed by atoms with Crippen molar-refractivity contribution < 1.29 is 18.3 Å². The molecular weight excluding hydrogens is 280 g/mol. The lowest BCUT2D eigenvalue weighted by Crippen LogP contribution is -2.36. The molecule has 7 heteroatoms. The molecule has 110 valence electrons. The monoisotopic (exact) mass is 298 g/mol. The highest BCUT2D eigenvalue weighted by Crippen LogP contribution is 2.19. The first kappa shape index (κ1) is 16.6. The quantitative estimate of drug-likeness (QED) is 0.791. The highest BCUT2D eigenvalue weighted by atomic mass is 32.2. The fourth-order valence-corrected chi connectivity index (χ4v) is 3.23. The van der Waals surface area contributed by atoms with Crippen LogP contribution in [0.4, 0.5) is 0 Å². The first-order valence-corrected chi connectivity index (χ1v) is 7.52. The van der Waals surface area contributed by atoms with E-state index in [-0.39, 0.29) is 31.2 Å². The molecule has 0 aromatic heterocycles. The predicted octanol–water partition coefficient (Wildman–Crippen LogP) is 0.496. The number of hydrogen-bond acceptors (Lipinski definition) is 5. The second kappa shape index (κ2) is 7.36. The fraction of sp³-hybridized carbons (Fsp3) is 0.462. The Morgan fingerprint density at radius 2 is 2.10 bits per heavy atom. The Hall–Kier alpha value is -1.46. The Morgan fingerprint density at radius 3 is 2.60 bits per heavy atom. The van der Waals surface area contributed by atoms with Crippen molar-refractivity contribution >= 4 is 10.0 Å². The standard InChI is InChI=1S/C13H18N2O4S/c1-11-9-13(4-3-12(11)10-14)20(17,18)15(5-7-16)6-8-19-2/h3-4,9,16H,5-8H2,1-2H3. The zero-order chi connectivity index (χ0) is 15.2. The third-order valence-corrected chi connectivity index (χ3v) is 4.74. The Bertz CT molecular complexity index is 593. The van der Waals surface area contributed by atoms with Crippen molar-refractivity contribution in [1.29, 1.82) is 5.26 Å². The highest BCUT2D eigenvalue weighted by Gasteiger charge is 2.24. The van der Waals surface area contributed by atoms with Crippen molar-refractivity contribution in [2.24, 2.45) is 0 Å². The number of hydrogen-bond donors (Lipinski definition) is 1. The van der Waals surface area contributed by atoms with Gasteiger partial charge >= 0.3 is 0 Å². The van der Waals surface area contributed by atoms with Gasteiger partial charge in [0.05, 0.1) is 29.7 Å². The van der Waals surface area contributed by atoms with Gasteiger partial charge in [-0.15, -0.1) is 0 Å². The van der Waals surface area contributed by atoms with Crippen LogP contribution >= 0.6 is 0 Å². The number of nitriles is 1. The maximum Gasteiger partial charge on any atom is 0.243 e. The van der Waals surface area contributed by atoms with Crippen LogP contribution in [0.25, 0.3) is 0 Å². The SMILES string of the molecule is COCCN(CCO)S(=O)(=O)c1ccc(C#N)c(C)c1. The van der Waals surface area contributed by atoms with Gasteiger partial charge in [-0.2, -0.15) is 9.57 Å². The molecule has 0 bridgehead atoms. The van der Waals surface area contributed by atoms with E-state index in [1.165, 1.54) is 25.3 Å². The van der Waals surface area contributed by atoms with Gasteiger partial charge in [0.15, 0.2) is 0 Å². The van der Waals surface area contributed by atoms with E-state index < -0.39 is 10.0 Å². The second-order valence-corrected chi connectivity index (χ2v) is 6.15. The first-order chi connectivity index (χ1) is 9.47. The second-order valence-electron chi connectivity index (χ2n) is 4.21. The molecule has 0 aliphatic heterocycles. The number of nitrogens with zero attached hydrogens (tertiary/aromatic N) is 2. The van der Waals surface area contributed by atoms with E-state index >= 15 is 0 Å². The molecule has 0 amide bonds. The van der Waals surface area contributed by atoms with Crippen LogP contribution in [0, 0.1) is 18.3 Å². The summed E-state index contributed by atoms with van der Waals surface area (Å²) in [6, 6.07) is 6.34. The summed E-state index contributed by atoms with van der Waals surface area (Å²) in [6.07, 6.45) is 0. The van der Waals surface area contributed by atoms with E-state index in [9.17, 15) is 8.42 Å². The van der Waals surface area contributed by atoms with Crippen LogP contribution in [0.3, 0.4) is 0 Å². The molecule has 0 spiro atoms. The van der Waals surface area contributed by atoms with E-state index in [2.05, 4.69) is 0 Å². The molecule has 1 rings (SSSR count). The van der Waals surface area contributed by atoms with Gasteiger partial charge in [0.25, 0.3) is 0 Å². The number of aryl methyl sites for hydroxylation is 1. The van der Waals surface area contributed by atoms with Crippen LogP contribution in [0.15, 0.2) is 23.1 Å². The average Bonchev–Trinajstić information content (AvgIpc) is 2.43. The van der Waals surface area contributed by atoms with Crippen LogP contribution in [0.1, 0.15) is 11.1 Å². The van der Waals surface area contributed by atoms with Gasteiger partial charge in [-0.1, -0.05) is 0 Å². The molecule has 0 unspecified atom stereocenters. The summed E-state index contributed by atoms with van der Waals surface area (Å²) >= 11 is 0. The minimum Gasteiger partial charge on any atom is -0.395 e. The number of rotatable bonds is 7. The summed E-state index contributed by atoms with van der Waals surface area (Å²) in [5.41, 5.74) is 1.04. The van der Waals surface area contributed by atoms with Gasteiger partial charge in [0.1, 0.15) is 0 Å². The zero-order valence-corrected chi connectivity index (χ0v) is 12.4. The smallest absolute Gasteiger partial charge is 0.243 e. The van der Waals surface area contributed by atoms with Crippen LogP contribution in [-0.2, 0) is 14.8 Å². The van der Waals surface area contributed by atoms with E-state index in [0.29, 0.717) is 11.1 Å². The Morgan fingerprint density at radius 1 is 1.40 bits per heavy atom. The summed E-state index contributed by atoms with van der Waals surface area (Å²) in [7, 11) is -2.22. The third-order valence-electron chi connectivity index (χ3n) is 2.85. The van der Waals surface area contributed by atoms with Crippen molar-refractivity contribution in [2.45, 2.75) is 11.8 Å². The lowest BCUT2D eigenvalue weighted by atomic mass is 10.1. The van der Waals surface area contributed by atoms with Crippen molar-refractivity contribution in [3.8, 4) is 6.07 Å². The third kappa shape index (κ3) is 3.77. The molecule has 0 radical (unpaired) electrons. The molecule has 0 saturated heterocycles. The van der Waals surface area contributed by atoms with Gasteiger partial charge in [-0.25, -0.2) is 8.42 Å². The molecular formula is C13H18N2O4S. The fourth-order valence-electron chi connectivity index (χ4n) is 1.73. The molecule has 1 aromatic rings. The maximum atomic E-state index is 12.5. The molecule has 20 heavy (non-hydrogen) atoms. The Labute approximate surface area is 119 Å². The summed E-state index contributed by atoms with van der Waals surface area (Å²) in [5.74, 6) is 0. The van der Waals surface area contributed by atoms with Crippen LogP contribution < -0.4 is 0 Å². The van der Waals surface area contributed by atoms with E-state index in [0.717, 1.165) is 4.31 Å². The normalized spacial score (nSPS) is 11.6. The summed E-state index contributed by atoms with van der Waals surface area (Å²) in [5, 5.41) is 17.9. The van der Waals surface area contributed by atoms with Gasteiger partial charge < -0.3 is 9.84 Å². The number of aliphatic hydroxyl groups excluding tert-OH is 1. The van der Waals surface area contributed by atoms with Crippen molar-refractivity contribution in [3.05, 3.63) is 29.3 Å². The van der Waals surface area contributed by atoms with Gasteiger partial charge in [-0.3, -0.25) is 0 Å². The number of methoxy groups -OCH3 is 1. The minimum atomic E-state index is -3.70. The first-order valence-electron chi connectivity index (χ1n) is 6.08. The van der Waals surface area contributed by atoms with Gasteiger partial charge in [0, 0.05) is 20.2 Å². The van der Waals surface area contributed by atoms with Gasteiger partial charge in [0.2, 0.25) is 10.0 Å².